The third-order valence-corrected chi connectivity index (χ3v) is 6.14. The van der Waals surface area contributed by atoms with Crippen molar-refractivity contribution in [1.29, 1.82) is 0 Å². The van der Waals surface area contributed by atoms with Crippen LogP contribution in [0.2, 0.25) is 5.02 Å². The van der Waals surface area contributed by atoms with E-state index < -0.39 is 0 Å². The molecule has 1 saturated heterocycles. The third-order valence-electron chi connectivity index (χ3n) is 5.82. The molecule has 0 radical (unpaired) electrons. The maximum absolute atomic E-state index is 12.9. The molecule has 1 aromatic heterocycles. The van der Waals surface area contributed by atoms with Gasteiger partial charge in [0.05, 0.1) is 28.9 Å². The number of para-hydroxylation sites is 3. The molecule has 6 heteroatoms. The largest absolute Gasteiger partial charge is 0.497 e. The summed E-state index contributed by atoms with van der Waals surface area (Å²) in [6, 6.07) is 23.7. The van der Waals surface area contributed by atoms with E-state index in [4.69, 9.17) is 21.3 Å². The molecule has 1 aliphatic heterocycles. The predicted molar refractivity (Wildman–Crippen MR) is 123 cm³/mol. The third kappa shape index (κ3) is 3.66. The van der Waals surface area contributed by atoms with Gasteiger partial charge in [0.2, 0.25) is 5.91 Å². The zero-order valence-corrected chi connectivity index (χ0v) is 17.9. The Morgan fingerprint density at radius 3 is 2.55 bits per heavy atom. The lowest BCUT2D eigenvalue weighted by Crippen LogP contribution is -2.24. The van der Waals surface area contributed by atoms with E-state index in [0.29, 0.717) is 24.5 Å². The number of halogens is 1. The van der Waals surface area contributed by atoms with Gasteiger partial charge in [0.1, 0.15) is 11.6 Å². The number of rotatable bonds is 5. The number of methoxy groups -OCH3 is 1. The lowest BCUT2D eigenvalue weighted by atomic mass is 10.1. The lowest BCUT2D eigenvalue weighted by Gasteiger charge is -2.18. The summed E-state index contributed by atoms with van der Waals surface area (Å²) in [6.45, 7) is 1.24. The fourth-order valence-corrected chi connectivity index (χ4v) is 4.51. The summed E-state index contributed by atoms with van der Waals surface area (Å²) in [5, 5.41) is 0.586. The van der Waals surface area contributed by atoms with Crippen molar-refractivity contribution in [3.8, 4) is 5.75 Å². The summed E-state index contributed by atoms with van der Waals surface area (Å²) in [5.74, 6) is 1.83. The first-order valence-corrected chi connectivity index (χ1v) is 10.6. The van der Waals surface area contributed by atoms with Crippen molar-refractivity contribution in [2.24, 2.45) is 0 Å². The molecule has 0 N–H and O–H groups in total. The van der Waals surface area contributed by atoms with Gasteiger partial charge in [-0.1, -0.05) is 48.0 Å². The van der Waals surface area contributed by atoms with Crippen molar-refractivity contribution >= 4 is 34.2 Å². The van der Waals surface area contributed by atoms with Gasteiger partial charge in [-0.15, -0.1) is 0 Å². The van der Waals surface area contributed by atoms with Crippen molar-refractivity contribution in [2.75, 3.05) is 18.6 Å². The van der Waals surface area contributed by atoms with E-state index in [0.717, 1.165) is 33.9 Å². The van der Waals surface area contributed by atoms with Crippen LogP contribution in [0.1, 0.15) is 23.7 Å². The van der Waals surface area contributed by atoms with Gasteiger partial charge in [-0.3, -0.25) is 4.79 Å². The van der Waals surface area contributed by atoms with Crippen molar-refractivity contribution < 1.29 is 9.53 Å². The second-order valence-electron chi connectivity index (χ2n) is 7.75. The van der Waals surface area contributed by atoms with Gasteiger partial charge in [0.25, 0.3) is 0 Å². The van der Waals surface area contributed by atoms with Gasteiger partial charge in [-0.25, -0.2) is 4.98 Å². The summed E-state index contributed by atoms with van der Waals surface area (Å²) in [4.78, 5) is 19.6. The van der Waals surface area contributed by atoms with Crippen molar-refractivity contribution in [1.82, 2.24) is 9.55 Å². The van der Waals surface area contributed by atoms with Gasteiger partial charge in [0, 0.05) is 25.4 Å². The van der Waals surface area contributed by atoms with Gasteiger partial charge in [-0.05, 0) is 42.0 Å². The quantitative estimate of drug-likeness (QED) is 0.432. The SMILES string of the molecule is COc1ccc(Cn2c(C3CC(=O)N(c4ccccc4Cl)C3)nc3ccccc32)cc1. The number of nitrogens with zero attached hydrogens (tertiary/aromatic N) is 3. The number of carbonyl (C=O) groups excluding carboxylic acids is 1. The second-order valence-corrected chi connectivity index (χ2v) is 8.16. The highest BCUT2D eigenvalue weighted by molar-refractivity contribution is 6.33. The highest BCUT2D eigenvalue weighted by atomic mass is 35.5. The van der Waals surface area contributed by atoms with Crippen LogP contribution in [-0.4, -0.2) is 29.1 Å². The van der Waals surface area contributed by atoms with E-state index in [1.807, 2.05) is 54.6 Å². The predicted octanol–water partition coefficient (Wildman–Crippen LogP) is 5.27. The summed E-state index contributed by atoms with van der Waals surface area (Å²) in [5.41, 5.74) is 3.92. The molecule has 0 aliphatic carbocycles. The number of hydrogen-bond donors (Lipinski definition) is 0. The molecule has 0 bridgehead atoms. The first kappa shape index (κ1) is 19.6. The zero-order valence-electron chi connectivity index (χ0n) is 17.2. The highest BCUT2D eigenvalue weighted by Gasteiger charge is 2.35. The molecule has 1 unspecified atom stereocenters. The zero-order chi connectivity index (χ0) is 21.4. The van der Waals surface area contributed by atoms with Crippen LogP contribution in [0.4, 0.5) is 5.69 Å². The molecule has 1 fully saturated rings. The molecular formula is C25H22ClN3O2. The number of benzene rings is 3. The van der Waals surface area contributed by atoms with Crippen LogP contribution in [0, 0.1) is 0 Å². The van der Waals surface area contributed by atoms with Crippen molar-refractivity contribution in [2.45, 2.75) is 18.9 Å². The van der Waals surface area contributed by atoms with Gasteiger partial charge >= 0.3 is 0 Å². The van der Waals surface area contributed by atoms with Crippen LogP contribution in [0.5, 0.6) is 5.75 Å². The minimum absolute atomic E-state index is 0.00517. The fraction of sp³-hybridized carbons (Fsp3) is 0.200. The number of imidazole rings is 1. The van der Waals surface area contributed by atoms with Crippen LogP contribution >= 0.6 is 11.6 Å². The number of carbonyl (C=O) groups is 1. The first-order valence-electron chi connectivity index (χ1n) is 10.3. The van der Waals surface area contributed by atoms with E-state index in [1.54, 1.807) is 12.0 Å². The Hall–Kier alpha value is -3.31. The number of aromatic nitrogens is 2. The topological polar surface area (TPSA) is 47.4 Å². The molecule has 1 atom stereocenters. The average molecular weight is 432 g/mol. The minimum atomic E-state index is -0.00517. The summed E-state index contributed by atoms with van der Waals surface area (Å²) < 4.78 is 7.51. The molecule has 0 spiro atoms. The van der Waals surface area contributed by atoms with E-state index in [-0.39, 0.29) is 11.8 Å². The Balaban J connectivity index is 1.52. The van der Waals surface area contributed by atoms with Gasteiger partial charge < -0.3 is 14.2 Å². The molecule has 0 saturated carbocycles. The number of hydrogen-bond acceptors (Lipinski definition) is 3. The fourth-order valence-electron chi connectivity index (χ4n) is 4.27. The molecule has 5 rings (SSSR count). The van der Waals surface area contributed by atoms with Crippen molar-refractivity contribution in [3.63, 3.8) is 0 Å². The van der Waals surface area contributed by atoms with Crippen LogP contribution in [0.3, 0.4) is 0 Å². The Kier molecular flexibility index (Phi) is 5.12. The lowest BCUT2D eigenvalue weighted by molar-refractivity contribution is -0.117. The van der Waals surface area contributed by atoms with E-state index >= 15 is 0 Å². The summed E-state index contributed by atoms with van der Waals surface area (Å²) in [6.07, 6.45) is 0.414. The maximum atomic E-state index is 12.9. The first-order chi connectivity index (χ1) is 15.1. The molecule has 3 aromatic carbocycles. The Morgan fingerprint density at radius 1 is 1.03 bits per heavy atom. The monoisotopic (exact) mass is 431 g/mol. The van der Waals surface area contributed by atoms with Crippen LogP contribution in [-0.2, 0) is 11.3 Å². The average Bonchev–Trinajstić information content (AvgIpc) is 3.35. The molecule has 1 amide bonds. The molecule has 1 aliphatic rings. The summed E-state index contributed by atoms with van der Waals surface area (Å²) in [7, 11) is 1.67. The highest BCUT2D eigenvalue weighted by Crippen LogP contribution is 2.36. The Morgan fingerprint density at radius 2 is 1.77 bits per heavy atom. The number of ether oxygens (including phenoxy) is 1. The van der Waals surface area contributed by atoms with Crippen LogP contribution in [0.25, 0.3) is 11.0 Å². The Bertz CT molecular complexity index is 1250. The smallest absolute Gasteiger partial charge is 0.227 e. The maximum Gasteiger partial charge on any atom is 0.227 e. The number of fused-ring (bicyclic) bond motifs is 1. The van der Waals surface area contributed by atoms with Gasteiger partial charge in [-0.2, -0.15) is 0 Å². The van der Waals surface area contributed by atoms with Crippen LogP contribution in [0.15, 0.2) is 72.8 Å². The standard InChI is InChI=1S/C25H22ClN3O2/c1-31-19-12-10-17(11-13-19)15-29-23-9-5-3-7-21(23)27-25(29)18-14-24(30)28(16-18)22-8-4-2-6-20(22)26/h2-13,18H,14-16H2,1H3. The number of anilines is 1. The van der Waals surface area contributed by atoms with Crippen LogP contribution < -0.4 is 9.64 Å². The Labute approximate surface area is 185 Å². The summed E-state index contributed by atoms with van der Waals surface area (Å²) >= 11 is 6.37. The molecular weight excluding hydrogens is 410 g/mol. The second kappa shape index (κ2) is 8.08. The molecule has 2 heterocycles. The molecule has 156 valence electrons. The molecule has 4 aromatic rings. The minimum Gasteiger partial charge on any atom is -0.497 e. The molecule has 5 nitrogen and oxygen atoms in total. The van der Waals surface area contributed by atoms with E-state index in [9.17, 15) is 4.79 Å². The normalized spacial score (nSPS) is 16.3. The van der Waals surface area contributed by atoms with Crippen molar-refractivity contribution in [3.05, 3.63) is 89.2 Å². The number of amides is 1. The van der Waals surface area contributed by atoms with Gasteiger partial charge in [0.15, 0.2) is 0 Å². The van der Waals surface area contributed by atoms with E-state index in [1.165, 1.54) is 0 Å². The molecule has 31 heavy (non-hydrogen) atoms. The van der Waals surface area contributed by atoms with E-state index in [2.05, 4.69) is 22.8 Å².